The molecule has 2 N–H and O–H groups in total. The molecule has 0 fully saturated rings. The molecule has 0 aromatic carbocycles. The highest BCUT2D eigenvalue weighted by molar-refractivity contribution is 7.80. The highest BCUT2D eigenvalue weighted by Gasteiger charge is 2.25. The summed E-state index contributed by atoms with van der Waals surface area (Å²) in [6, 6.07) is 0. The fourth-order valence-corrected chi connectivity index (χ4v) is 1.44. The normalized spacial score (nSPS) is 11.3. The van der Waals surface area contributed by atoms with Crippen LogP contribution >= 0.6 is 12.2 Å². The molecule has 0 bridgehead atoms. The predicted octanol–water partition coefficient (Wildman–Crippen LogP) is 2.61. The van der Waals surface area contributed by atoms with Crippen LogP contribution < -0.4 is 10.6 Å². The number of hydrogen-bond acceptors (Lipinski definition) is 2. The van der Waals surface area contributed by atoms with Gasteiger partial charge >= 0.3 is 6.18 Å². The molecule has 0 unspecified atom stereocenters. The van der Waals surface area contributed by atoms with Gasteiger partial charge in [-0.25, -0.2) is 0 Å². The van der Waals surface area contributed by atoms with Crippen molar-refractivity contribution in [2.45, 2.75) is 38.8 Å². The molecule has 3 nitrogen and oxygen atoms in total. The molecule has 108 valence electrons. The maximum absolute atomic E-state index is 11.8. The Balaban J connectivity index is 3.27. The topological polar surface area (TPSA) is 33.3 Å². The monoisotopic (exact) mass is 286 g/mol. The molecule has 0 radical (unpaired) electrons. The standard InChI is InChI=1S/C11H21F3N2OS/c1-2-17-9-5-8-16-10(18)15-7-4-3-6-11(12,13)14/h2-9H2,1H3,(H2,15,16,18). The van der Waals surface area contributed by atoms with Crippen LogP contribution in [0.15, 0.2) is 0 Å². The lowest BCUT2D eigenvalue weighted by Gasteiger charge is -2.10. The minimum absolute atomic E-state index is 0.128. The number of alkyl halides is 3. The van der Waals surface area contributed by atoms with Gasteiger partial charge in [-0.2, -0.15) is 13.2 Å². The van der Waals surface area contributed by atoms with Crippen molar-refractivity contribution in [3.8, 4) is 0 Å². The maximum atomic E-state index is 11.8. The zero-order valence-corrected chi connectivity index (χ0v) is 11.4. The number of nitrogens with one attached hydrogen (secondary N) is 2. The summed E-state index contributed by atoms with van der Waals surface area (Å²) >= 11 is 4.97. The highest BCUT2D eigenvalue weighted by Crippen LogP contribution is 2.21. The first-order chi connectivity index (χ1) is 8.45. The summed E-state index contributed by atoms with van der Waals surface area (Å²) in [5.74, 6) is 0. The van der Waals surface area contributed by atoms with E-state index in [1.807, 2.05) is 6.92 Å². The number of unbranched alkanes of at least 4 members (excludes halogenated alkanes) is 1. The van der Waals surface area contributed by atoms with Crippen LogP contribution in [0.4, 0.5) is 13.2 Å². The second-order valence-corrected chi connectivity index (χ2v) is 4.21. The van der Waals surface area contributed by atoms with E-state index >= 15 is 0 Å². The Morgan fingerprint density at radius 3 is 2.28 bits per heavy atom. The van der Waals surface area contributed by atoms with Crippen molar-refractivity contribution in [1.29, 1.82) is 0 Å². The summed E-state index contributed by atoms with van der Waals surface area (Å²) < 4.78 is 40.7. The minimum atomic E-state index is -4.06. The molecular formula is C11H21F3N2OS. The lowest BCUT2D eigenvalue weighted by Crippen LogP contribution is -2.36. The summed E-state index contributed by atoms with van der Waals surface area (Å²) in [6.07, 6.45) is -3.35. The molecule has 0 spiro atoms. The number of halogens is 3. The Kier molecular flexibility index (Phi) is 10.0. The van der Waals surface area contributed by atoms with Gasteiger partial charge in [0, 0.05) is 32.7 Å². The van der Waals surface area contributed by atoms with E-state index in [0.717, 1.165) is 6.42 Å². The van der Waals surface area contributed by atoms with E-state index in [1.54, 1.807) is 0 Å². The summed E-state index contributed by atoms with van der Waals surface area (Å²) in [5.41, 5.74) is 0. The van der Waals surface area contributed by atoms with E-state index in [-0.39, 0.29) is 6.42 Å². The van der Waals surface area contributed by atoms with Crippen molar-refractivity contribution < 1.29 is 17.9 Å². The third-order valence-corrected chi connectivity index (χ3v) is 2.42. The first-order valence-corrected chi connectivity index (χ1v) is 6.52. The van der Waals surface area contributed by atoms with Gasteiger partial charge in [0.2, 0.25) is 0 Å². The van der Waals surface area contributed by atoms with Crippen LogP contribution in [0, 0.1) is 0 Å². The summed E-state index contributed by atoms with van der Waals surface area (Å²) in [5, 5.41) is 6.32. The van der Waals surface area contributed by atoms with Crippen molar-refractivity contribution in [2.75, 3.05) is 26.3 Å². The average Bonchev–Trinajstić information content (AvgIpc) is 2.27. The van der Waals surface area contributed by atoms with Gasteiger partial charge in [0.05, 0.1) is 0 Å². The van der Waals surface area contributed by atoms with Crippen LogP contribution in [0.3, 0.4) is 0 Å². The fraction of sp³-hybridized carbons (Fsp3) is 0.909. The van der Waals surface area contributed by atoms with Gasteiger partial charge in [0.15, 0.2) is 5.11 Å². The Morgan fingerprint density at radius 2 is 1.72 bits per heavy atom. The van der Waals surface area contributed by atoms with Crippen LogP contribution in [0.2, 0.25) is 0 Å². The number of rotatable bonds is 9. The Bertz CT molecular complexity index is 225. The van der Waals surface area contributed by atoms with E-state index in [0.29, 0.717) is 37.8 Å². The molecule has 0 aliphatic rings. The Labute approximate surface area is 111 Å². The molecule has 0 heterocycles. The van der Waals surface area contributed by atoms with Gasteiger partial charge in [-0.1, -0.05) is 0 Å². The Morgan fingerprint density at radius 1 is 1.11 bits per heavy atom. The molecule has 0 aromatic heterocycles. The van der Waals surface area contributed by atoms with Crippen LogP contribution in [0.25, 0.3) is 0 Å². The third kappa shape index (κ3) is 13.5. The largest absolute Gasteiger partial charge is 0.389 e. The van der Waals surface area contributed by atoms with Crippen molar-refractivity contribution in [3.05, 3.63) is 0 Å². The van der Waals surface area contributed by atoms with Gasteiger partial charge in [-0.05, 0) is 38.4 Å². The smallest absolute Gasteiger partial charge is 0.382 e. The molecule has 0 saturated heterocycles. The van der Waals surface area contributed by atoms with E-state index in [2.05, 4.69) is 10.6 Å². The summed E-state index contributed by atoms with van der Waals surface area (Å²) in [4.78, 5) is 0. The number of ether oxygens (including phenoxy) is 1. The highest BCUT2D eigenvalue weighted by atomic mass is 32.1. The maximum Gasteiger partial charge on any atom is 0.389 e. The second-order valence-electron chi connectivity index (χ2n) is 3.81. The van der Waals surface area contributed by atoms with E-state index < -0.39 is 12.6 Å². The molecule has 7 heteroatoms. The van der Waals surface area contributed by atoms with Crippen LogP contribution in [-0.2, 0) is 4.74 Å². The zero-order valence-electron chi connectivity index (χ0n) is 10.6. The molecule has 18 heavy (non-hydrogen) atoms. The number of hydrogen-bond donors (Lipinski definition) is 2. The number of thiocarbonyl (C=S) groups is 1. The first-order valence-electron chi connectivity index (χ1n) is 6.12. The predicted molar refractivity (Wildman–Crippen MR) is 69.6 cm³/mol. The average molecular weight is 286 g/mol. The quantitative estimate of drug-likeness (QED) is 0.504. The van der Waals surface area contributed by atoms with Crippen molar-refractivity contribution in [2.24, 2.45) is 0 Å². The fourth-order valence-electron chi connectivity index (χ4n) is 1.24. The Hall–Kier alpha value is -0.560. The molecule has 0 aliphatic carbocycles. The van der Waals surface area contributed by atoms with Gasteiger partial charge in [0.25, 0.3) is 0 Å². The van der Waals surface area contributed by atoms with Crippen LogP contribution in [0.5, 0.6) is 0 Å². The summed E-state index contributed by atoms with van der Waals surface area (Å²) in [7, 11) is 0. The molecule has 0 amide bonds. The SMILES string of the molecule is CCOCCCNC(=S)NCCCCC(F)(F)F. The molecule has 0 aromatic rings. The van der Waals surface area contributed by atoms with E-state index in [9.17, 15) is 13.2 Å². The van der Waals surface area contributed by atoms with E-state index in [1.165, 1.54) is 0 Å². The first kappa shape index (κ1) is 17.4. The third-order valence-electron chi connectivity index (χ3n) is 2.13. The molecule has 0 saturated carbocycles. The van der Waals surface area contributed by atoms with Gasteiger partial charge < -0.3 is 15.4 Å². The summed E-state index contributed by atoms with van der Waals surface area (Å²) in [6.45, 7) is 4.47. The lowest BCUT2D eigenvalue weighted by atomic mass is 10.2. The van der Waals surface area contributed by atoms with Crippen LogP contribution in [-0.4, -0.2) is 37.6 Å². The lowest BCUT2D eigenvalue weighted by molar-refractivity contribution is -0.135. The molecule has 0 atom stereocenters. The van der Waals surface area contributed by atoms with Crippen molar-refractivity contribution in [3.63, 3.8) is 0 Å². The van der Waals surface area contributed by atoms with E-state index in [4.69, 9.17) is 17.0 Å². The molecule has 0 aliphatic heterocycles. The van der Waals surface area contributed by atoms with Gasteiger partial charge in [-0.3, -0.25) is 0 Å². The van der Waals surface area contributed by atoms with Crippen molar-refractivity contribution >= 4 is 17.3 Å². The minimum Gasteiger partial charge on any atom is -0.382 e. The molecular weight excluding hydrogens is 265 g/mol. The second kappa shape index (κ2) is 10.4. The zero-order chi connectivity index (χ0) is 13.9. The van der Waals surface area contributed by atoms with Crippen molar-refractivity contribution in [1.82, 2.24) is 10.6 Å². The van der Waals surface area contributed by atoms with Gasteiger partial charge in [-0.15, -0.1) is 0 Å². The van der Waals surface area contributed by atoms with Crippen LogP contribution in [0.1, 0.15) is 32.6 Å². The van der Waals surface area contributed by atoms with Gasteiger partial charge in [0.1, 0.15) is 0 Å². The molecule has 0 rings (SSSR count).